The molecule has 1 aliphatic rings. The Morgan fingerprint density at radius 1 is 1.05 bits per heavy atom. The molecule has 1 fully saturated rings. The molecule has 0 saturated carbocycles. The molecule has 0 aliphatic carbocycles. The highest BCUT2D eigenvalue weighted by molar-refractivity contribution is 6.62. The van der Waals surface area contributed by atoms with Crippen LogP contribution in [0.4, 0.5) is 0 Å². The fourth-order valence-corrected chi connectivity index (χ4v) is 2.58. The first-order valence-electron chi connectivity index (χ1n) is 7.73. The van der Waals surface area contributed by atoms with Crippen LogP contribution in [0, 0.1) is 0 Å². The summed E-state index contributed by atoms with van der Waals surface area (Å²) in [5.74, 6) is 0. The Bertz CT molecular complexity index is 619. The monoisotopic (exact) mass is 298 g/mol. The maximum atomic E-state index is 6.09. The first-order valence-corrected chi connectivity index (χ1v) is 7.73. The van der Waals surface area contributed by atoms with Crippen molar-refractivity contribution >= 4 is 12.6 Å². The zero-order valence-corrected chi connectivity index (χ0v) is 13.9. The quantitative estimate of drug-likeness (QED) is 0.818. The predicted molar refractivity (Wildman–Crippen MR) is 88.2 cm³/mol. The molecule has 4 nitrogen and oxygen atoms in total. The van der Waals surface area contributed by atoms with Crippen LogP contribution < -0.4 is 5.46 Å². The Morgan fingerprint density at radius 2 is 1.64 bits per heavy atom. The van der Waals surface area contributed by atoms with E-state index in [2.05, 4.69) is 68.4 Å². The number of hydrogen-bond acceptors (Lipinski definition) is 3. The molecular weight excluding hydrogens is 275 g/mol. The van der Waals surface area contributed by atoms with E-state index >= 15 is 0 Å². The first-order chi connectivity index (χ1) is 10.3. The molecule has 0 N–H and O–H groups in total. The minimum atomic E-state index is -0.305. The average Bonchev–Trinajstić information content (AvgIpc) is 3.05. The zero-order chi connectivity index (χ0) is 16.0. The van der Waals surface area contributed by atoms with Gasteiger partial charge in [0, 0.05) is 12.4 Å². The highest BCUT2D eigenvalue weighted by Crippen LogP contribution is 2.36. The molecule has 0 radical (unpaired) electrons. The fraction of sp³-hybridized carbons (Fsp3) is 0.471. The van der Waals surface area contributed by atoms with E-state index in [9.17, 15) is 0 Å². The SMILES string of the molecule is CC(c1ccc(B2OC(C)(C)C(C)(C)O2)cc1)n1ccnc1. The lowest BCUT2D eigenvalue weighted by atomic mass is 9.78. The summed E-state index contributed by atoms with van der Waals surface area (Å²) < 4.78 is 14.3. The first kappa shape index (κ1) is 15.3. The van der Waals surface area contributed by atoms with Gasteiger partial charge in [-0.25, -0.2) is 4.98 Å². The lowest BCUT2D eigenvalue weighted by Crippen LogP contribution is -2.41. The predicted octanol–water partition coefficient (Wildman–Crippen LogP) is 2.79. The van der Waals surface area contributed by atoms with Crippen molar-refractivity contribution in [2.75, 3.05) is 0 Å². The second-order valence-electron chi connectivity index (χ2n) is 6.94. The average molecular weight is 298 g/mol. The van der Waals surface area contributed by atoms with E-state index < -0.39 is 0 Å². The number of rotatable bonds is 3. The molecule has 1 aliphatic heterocycles. The van der Waals surface area contributed by atoms with Gasteiger partial charge in [0.15, 0.2) is 0 Å². The lowest BCUT2D eigenvalue weighted by Gasteiger charge is -2.32. The molecule has 3 rings (SSSR count). The van der Waals surface area contributed by atoms with Crippen LogP contribution in [0.15, 0.2) is 43.0 Å². The van der Waals surface area contributed by atoms with Crippen LogP contribution in [0.25, 0.3) is 0 Å². The van der Waals surface area contributed by atoms with Crippen molar-refractivity contribution in [1.29, 1.82) is 0 Å². The molecule has 5 heteroatoms. The molecule has 1 atom stereocenters. The van der Waals surface area contributed by atoms with Gasteiger partial charge in [-0.3, -0.25) is 0 Å². The van der Waals surface area contributed by atoms with Crippen LogP contribution in [0.3, 0.4) is 0 Å². The van der Waals surface area contributed by atoms with Crippen LogP contribution in [0.1, 0.15) is 46.2 Å². The summed E-state index contributed by atoms with van der Waals surface area (Å²) in [5, 5.41) is 0. The number of hydrogen-bond donors (Lipinski definition) is 0. The van der Waals surface area contributed by atoms with Crippen LogP contribution >= 0.6 is 0 Å². The Balaban J connectivity index is 1.78. The Labute approximate surface area is 132 Å². The highest BCUT2D eigenvalue weighted by atomic mass is 16.7. The molecule has 22 heavy (non-hydrogen) atoms. The minimum Gasteiger partial charge on any atom is -0.399 e. The normalized spacial score (nSPS) is 21.0. The van der Waals surface area contributed by atoms with Gasteiger partial charge in [-0.15, -0.1) is 0 Å². The van der Waals surface area contributed by atoms with E-state index in [1.807, 2.05) is 12.5 Å². The Morgan fingerprint density at radius 3 is 2.14 bits per heavy atom. The van der Waals surface area contributed by atoms with E-state index in [0.29, 0.717) is 0 Å². The second-order valence-corrected chi connectivity index (χ2v) is 6.94. The molecule has 1 saturated heterocycles. The largest absolute Gasteiger partial charge is 0.494 e. The van der Waals surface area contributed by atoms with Crippen LogP contribution in [0.2, 0.25) is 0 Å². The molecule has 116 valence electrons. The van der Waals surface area contributed by atoms with Gasteiger partial charge in [0.1, 0.15) is 0 Å². The molecule has 2 aromatic rings. The van der Waals surface area contributed by atoms with Crippen molar-refractivity contribution in [3.8, 4) is 0 Å². The summed E-state index contributed by atoms with van der Waals surface area (Å²) in [6.07, 6.45) is 5.62. The van der Waals surface area contributed by atoms with Gasteiger partial charge < -0.3 is 13.9 Å². The standard InChI is InChI=1S/C17H23BN2O2/c1-13(20-11-10-19-12-20)14-6-8-15(9-7-14)18-21-16(2,3)17(4,5)22-18/h6-13H,1-5H3. The Hall–Kier alpha value is -1.59. The summed E-state index contributed by atoms with van der Waals surface area (Å²) in [5.41, 5.74) is 1.68. The lowest BCUT2D eigenvalue weighted by molar-refractivity contribution is 0.00578. The van der Waals surface area contributed by atoms with Crippen molar-refractivity contribution in [3.63, 3.8) is 0 Å². The summed E-state index contributed by atoms with van der Waals surface area (Å²) in [7, 11) is -0.303. The third kappa shape index (κ3) is 2.59. The minimum absolute atomic E-state index is 0.259. The molecule has 0 spiro atoms. The van der Waals surface area contributed by atoms with Crippen molar-refractivity contribution < 1.29 is 9.31 Å². The van der Waals surface area contributed by atoms with Crippen molar-refractivity contribution in [3.05, 3.63) is 48.5 Å². The van der Waals surface area contributed by atoms with Crippen molar-refractivity contribution in [2.45, 2.75) is 51.9 Å². The van der Waals surface area contributed by atoms with Crippen molar-refractivity contribution in [1.82, 2.24) is 9.55 Å². The molecular formula is C17H23BN2O2. The molecule has 1 unspecified atom stereocenters. The van der Waals surface area contributed by atoms with Crippen LogP contribution in [-0.2, 0) is 9.31 Å². The van der Waals surface area contributed by atoms with Gasteiger partial charge >= 0.3 is 7.12 Å². The Kier molecular flexibility index (Phi) is 3.65. The maximum Gasteiger partial charge on any atom is 0.494 e. The third-order valence-electron chi connectivity index (χ3n) is 4.92. The fourth-order valence-electron chi connectivity index (χ4n) is 2.58. The van der Waals surface area contributed by atoms with Gasteiger partial charge in [0.05, 0.1) is 23.6 Å². The van der Waals surface area contributed by atoms with E-state index in [4.69, 9.17) is 9.31 Å². The summed E-state index contributed by atoms with van der Waals surface area (Å²) in [6.45, 7) is 10.4. The maximum absolute atomic E-state index is 6.09. The zero-order valence-electron chi connectivity index (χ0n) is 13.9. The number of benzene rings is 1. The molecule has 0 bridgehead atoms. The van der Waals surface area contributed by atoms with Gasteiger partial charge in [-0.1, -0.05) is 24.3 Å². The topological polar surface area (TPSA) is 36.3 Å². The summed E-state index contributed by atoms with van der Waals surface area (Å²) in [4.78, 5) is 4.10. The van der Waals surface area contributed by atoms with E-state index in [0.717, 1.165) is 5.46 Å². The van der Waals surface area contributed by atoms with Gasteiger partial charge in [-0.05, 0) is 45.6 Å². The van der Waals surface area contributed by atoms with Crippen molar-refractivity contribution in [2.24, 2.45) is 0 Å². The smallest absolute Gasteiger partial charge is 0.399 e. The van der Waals surface area contributed by atoms with Gasteiger partial charge in [-0.2, -0.15) is 0 Å². The molecule has 1 aromatic heterocycles. The highest BCUT2D eigenvalue weighted by Gasteiger charge is 2.51. The van der Waals surface area contributed by atoms with Crippen LogP contribution in [-0.4, -0.2) is 27.9 Å². The molecule has 1 aromatic carbocycles. The van der Waals surface area contributed by atoms with Gasteiger partial charge in [0.25, 0.3) is 0 Å². The summed E-state index contributed by atoms with van der Waals surface area (Å²) >= 11 is 0. The number of aromatic nitrogens is 2. The van der Waals surface area contributed by atoms with E-state index in [1.165, 1.54) is 5.56 Å². The number of nitrogens with zero attached hydrogens (tertiary/aromatic N) is 2. The van der Waals surface area contributed by atoms with Gasteiger partial charge in [0.2, 0.25) is 0 Å². The second kappa shape index (κ2) is 5.25. The summed E-state index contributed by atoms with van der Waals surface area (Å²) in [6, 6.07) is 8.70. The molecule has 2 heterocycles. The molecule has 0 amide bonds. The van der Waals surface area contributed by atoms with E-state index in [-0.39, 0.29) is 24.4 Å². The van der Waals surface area contributed by atoms with E-state index in [1.54, 1.807) is 6.20 Å². The number of imidazole rings is 1. The third-order valence-corrected chi connectivity index (χ3v) is 4.92. The van der Waals surface area contributed by atoms with Crippen LogP contribution in [0.5, 0.6) is 0 Å².